The monoisotopic (exact) mass is 433 g/mol. The molecule has 168 valence electrons. The van der Waals surface area contributed by atoms with Gasteiger partial charge in [-0.05, 0) is 43.0 Å². The van der Waals surface area contributed by atoms with Crippen molar-refractivity contribution < 1.29 is 9.53 Å². The number of amides is 1. The molecule has 6 nitrogen and oxygen atoms in total. The van der Waals surface area contributed by atoms with E-state index in [1.807, 2.05) is 55.5 Å². The maximum Gasteiger partial charge on any atom is 0.274 e. The zero-order valence-electron chi connectivity index (χ0n) is 18.8. The lowest BCUT2D eigenvalue weighted by molar-refractivity contribution is -0.129. The lowest BCUT2D eigenvalue weighted by Gasteiger charge is -2.37. The zero-order chi connectivity index (χ0) is 22.6. The molecule has 32 heavy (non-hydrogen) atoms. The summed E-state index contributed by atoms with van der Waals surface area (Å²) in [5, 5.41) is 9.08. The molecule has 3 aromatic rings. The Labute approximate surface area is 188 Å². The minimum Gasteiger partial charge on any atom is -0.497 e. The summed E-state index contributed by atoms with van der Waals surface area (Å²) in [6, 6.07) is 15.2. The van der Waals surface area contributed by atoms with E-state index in [9.17, 15) is 9.59 Å². The molecule has 1 N–H and O–H groups in total. The number of methoxy groups -OCH3 is 1. The largest absolute Gasteiger partial charge is 0.497 e. The number of ether oxygens (including phenoxy) is 1. The molecule has 1 amide bonds. The Balaban J connectivity index is 1.58. The van der Waals surface area contributed by atoms with E-state index < -0.39 is 5.41 Å². The van der Waals surface area contributed by atoms with Crippen LogP contribution in [0.3, 0.4) is 0 Å². The third kappa shape index (κ3) is 4.27. The Bertz CT molecular complexity index is 1130. The average Bonchev–Trinajstić information content (AvgIpc) is 2.85. The van der Waals surface area contributed by atoms with Crippen LogP contribution < -0.4 is 15.6 Å². The first-order valence-corrected chi connectivity index (χ1v) is 11.5. The predicted octanol–water partition coefficient (Wildman–Crippen LogP) is 4.20. The Morgan fingerprint density at radius 1 is 1.12 bits per heavy atom. The van der Waals surface area contributed by atoms with E-state index in [4.69, 9.17) is 4.74 Å². The number of fused-ring (bicyclic) bond motifs is 1. The van der Waals surface area contributed by atoms with Crippen molar-refractivity contribution >= 4 is 16.7 Å². The van der Waals surface area contributed by atoms with Gasteiger partial charge in [-0.3, -0.25) is 9.59 Å². The van der Waals surface area contributed by atoms with E-state index in [0.29, 0.717) is 18.4 Å². The van der Waals surface area contributed by atoms with Gasteiger partial charge >= 0.3 is 0 Å². The van der Waals surface area contributed by atoms with E-state index in [1.54, 1.807) is 13.3 Å². The summed E-state index contributed by atoms with van der Waals surface area (Å²) in [5.74, 6) is 0.830. The fourth-order valence-corrected chi connectivity index (χ4v) is 4.78. The molecule has 1 fully saturated rings. The number of benzene rings is 2. The van der Waals surface area contributed by atoms with Crippen LogP contribution in [0.25, 0.3) is 10.8 Å². The van der Waals surface area contributed by atoms with Crippen molar-refractivity contribution in [2.45, 2.75) is 63.5 Å². The van der Waals surface area contributed by atoms with Gasteiger partial charge in [0.05, 0.1) is 30.7 Å². The molecule has 0 bridgehead atoms. The van der Waals surface area contributed by atoms with Gasteiger partial charge in [-0.1, -0.05) is 56.5 Å². The maximum atomic E-state index is 13.7. The summed E-state index contributed by atoms with van der Waals surface area (Å²) in [6.07, 6.45) is 7.30. The Morgan fingerprint density at radius 3 is 2.53 bits per heavy atom. The Hall–Kier alpha value is -3.15. The van der Waals surface area contributed by atoms with Crippen molar-refractivity contribution in [3.63, 3.8) is 0 Å². The van der Waals surface area contributed by atoms with Gasteiger partial charge in [0.1, 0.15) is 5.75 Å². The molecule has 1 aromatic heterocycles. The molecule has 0 aliphatic heterocycles. The molecule has 1 aliphatic carbocycles. The highest BCUT2D eigenvalue weighted by Gasteiger charge is 2.41. The quantitative estimate of drug-likeness (QED) is 0.606. The van der Waals surface area contributed by atoms with Crippen LogP contribution in [0.4, 0.5) is 0 Å². The van der Waals surface area contributed by atoms with E-state index in [1.165, 1.54) is 4.68 Å². The summed E-state index contributed by atoms with van der Waals surface area (Å²) in [7, 11) is 1.65. The van der Waals surface area contributed by atoms with Gasteiger partial charge in [0.15, 0.2) is 0 Å². The van der Waals surface area contributed by atoms with Gasteiger partial charge in [-0.2, -0.15) is 5.10 Å². The molecule has 1 heterocycles. The minimum atomic E-state index is -0.542. The topological polar surface area (TPSA) is 73.2 Å². The zero-order valence-corrected chi connectivity index (χ0v) is 18.8. The molecular weight excluding hydrogens is 402 g/mol. The first kappa shape index (κ1) is 22.1. The predicted molar refractivity (Wildman–Crippen MR) is 126 cm³/mol. The Morgan fingerprint density at radius 2 is 1.84 bits per heavy atom. The van der Waals surface area contributed by atoms with Crippen LogP contribution in [0.5, 0.6) is 5.75 Å². The second-order valence-electron chi connectivity index (χ2n) is 8.67. The molecule has 0 saturated heterocycles. The minimum absolute atomic E-state index is 0.0445. The molecule has 0 spiro atoms. The standard InChI is InChI=1S/C26H31N3O3/c1-3-21(18-29-24(30)23-10-6-5-9-19(23)17-27-29)28-25(31)26(15-7-4-8-16-26)20-11-13-22(32-2)14-12-20/h5-6,9-14,17,21H,3-4,7-8,15-16,18H2,1-2H3,(H,28,31)/t21-/m0/s1. The van der Waals surface area contributed by atoms with Crippen LogP contribution in [0, 0.1) is 0 Å². The van der Waals surface area contributed by atoms with Crippen molar-refractivity contribution in [2.24, 2.45) is 0 Å². The average molecular weight is 434 g/mol. The molecule has 1 aliphatic rings. The number of hydrogen-bond donors (Lipinski definition) is 1. The van der Waals surface area contributed by atoms with Gasteiger partial charge in [0, 0.05) is 11.4 Å². The fourth-order valence-electron chi connectivity index (χ4n) is 4.78. The molecular formula is C26H31N3O3. The smallest absolute Gasteiger partial charge is 0.274 e. The lowest BCUT2D eigenvalue weighted by atomic mass is 9.68. The number of carbonyl (C=O) groups is 1. The number of aromatic nitrogens is 2. The number of rotatable bonds is 7. The molecule has 2 aromatic carbocycles. The van der Waals surface area contributed by atoms with E-state index in [0.717, 1.165) is 48.8 Å². The summed E-state index contributed by atoms with van der Waals surface area (Å²) in [5.41, 5.74) is 0.365. The van der Waals surface area contributed by atoms with Gasteiger partial charge < -0.3 is 10.1 Å². The van der Waals surface area contributed by atoms with Crippen LogP contribution >= 0.6 is 0 Å². The fraction of sp³-hybridized carbons (Fsp3) is 0.423. The highest BCUT2D eigenvalue weighted by atomic mass is 16.5. The first-order chi connectivity index (χ1) is 15.6. The first-order valence-electron chi connectivity index (χ1n) is 11.5. The summed E-state index contributed by atoms with van der Waals surface area (Å²) < 4.78 is 6.77. The molecule has 1 saturated carbocycles. The van der Waals surface area contributed by atoms with Crippen molar-refractivity contribution in [1.82, 2.24) is 15.1 Å². The number of hydrogen-bond acceptors (Lipinski definition) is 4. The van der Waals surface area contributed by atoms with Gasteiger partial charge in [-0.15, -0.1) is 0 Å². The highest BCUT2D eigenvalue weighted by Crippen LogP contribution is 2.40. The normalized spacial score (nSPS) is 16.4. The Kier molecular flexibility index (Phi) is 6.58. The second-order valence-corrected chi connectivity index (χ2v) is 8.67. The second kappa shape index (κ2) is 9.55. The van der Waals surface area contributed by atoms with Crippen molar-refractivity contribution in [3.8, 4) is 5.75 Å². The third-order valence-electron chi connectivity index (χ3n) is 6.77. The SMILES string of the molecule is CC[C@@H](Cn1ncc2ccccc2c1=O)NC(=O)C1(c2ccc(OC)cc2)CCCCC1. The van der Waals surface area contributed by atoms with Gasteiger partial charge in [0.25, 0.3) is 5.56 Å². The number of carbonyl (C=O) groups excluding carboxylic acids is 1. The van der Waals surface area contributed by atoms with Crippen LogP contribution in [-0.2, 0) is 16.8 Å². The summed E-state index contributed by atoms with van der Waals surface area (Å²) in [4.78, 5) is 26.6. The van der Waals surface area contributed by atoms with Crippen LogP contribution in [-0.4, -0.2) is 28.8 Å². The summed E-state index contributed by atoms with van der Waals surface area (Å²) in [6.45, 7) is 2.38. The van der Waals surface area contributed by atoms with E-state index in [2.05, 4.69) is 10.4 Å². The van der Waals surface area contributed by atoms with Crippen molar-refractivity contribution in [1.29, 1.82) is 0 Å². The molecule has 6 heteroatoms. The van der Waals surface area contributed by atoms with Crippen LogP contribution in [0.1, 0.15) is 51.0 Å². The van der Waals surface area contributed by atoms with E-state index in [-0.39, 0.29) is 17.5 Å². The van der Waals surface area contributed by atoms with Gasteiger partial charge in [-0.25, -0.2) is 4.68 Å². The van der Waals surface area contributed by atoms with Crippen LogP contribution in [0.2, 0.25) is 0 Å². The van der Waals surface area contributed by atoms with E-state index >= 15 is 0 Å². The number of nitrogens with zero attached hydrogens (tertiary/aromatic N) is 2. The highest BCUT2D eigenvalue weighted by molar-refractivity contribution is 5.88. The van der Waals surface area contributed by atoms with Gasteiger partial charge in [0.2, 0.25) is 5.91 Å². The summed E-state index contributed by atoms with van der Waals surface area (Å²) >= 11 is 0. The van der Waals surface area contributed by atoms with Crippen LogP contribution in [0.15, 0.2) is 59.5 Å². The molecule has 1 atom stereocenters. The maximum absolute atomic E-state index is 13.7. The lowest BCUT2D eigenvalue weighted by Crippen LogP contribution is -2.50. The van der Waals surface area contributed by atoms with Crippen molar-refractivity contribution in [3.05, 3.63) is 70.6 Å². The molecule has 4 rings (SSSR count). The number of nitrogens with one attached hydrogen (secondary N) is 1. The third-order valence-corrected chi connectivity index (χ3v) is 6.77. The van der Waals surface area contributed by atoms with Crippen molar-refractivity contribution in [2.75, 3.05) is 7.11 Å². The molecule has 0 radical (unpaired) electrons. The molecule has 0 unspecified atom stereocenters.